The molecule has 0 spiro atoms. The van der Waals surface area contributed by atoms with Crippen LogP contribution in [0.15, 0.2) is 35.1 Å². The number of hydrogen-bond acceptors (Lipinski definition) is 3. The van der Waals surface area contributed by atoms with E-state index in [-0.39, 0.29) is 11.3 Å². The van der Waals surface area contributed by atoms with Crippen LogP contribution in [0.3, 0.4) is 0 Å². The maximum absolute atomic E-state index is 11.0. The van der Waals surface area contributed by atoms with Crippen molar-refractivity contribution in [1.29, 1.82) is 0 Å². The number of rotatable bonds is 3. The first-order valence-corrected chi connectivity index (χ1v) is 5.55. The standard InChI is InChI=1S/C11H9BrN2O3/c1-14-6-8(5-13-14)17-10-3-2-7(12)4-9(10)11(15)16/h2-6H,1H3,(H,15,16). The van der Waals surface area contributed by atoms with Crippen LogP contribution in [0.2, 0.25) is 0 Å². The molecule has 0 unspecified atom stereocenters. The van der Waals surface area contributed by atoms with E-state index in [1.54, 1.807) is 30.1 Å². The Morgan fingerprint density at radius 3 is 2.88 bits per heavy atom. The van der Waals surface area contributed by atoms with Gasteiger partial charge in [0.1, 0.15) is 11.3 Å². The summed E-state index contributed by atoms with van der Waals surface area (Å²) in [6, 6.07) is 4.81. The van der Waals surface area contributed by atoms with Crippen molar-refractivity contribution in [1.82, 2.24) is 9.78 Å². The molecule has 0 aliphatic rings. The molecule has 2 aromatic rings. The zero-order valence-electron chi connectivity index (χ0n) is 8.92. The summed E-state index contributed by atoms with van der Waals surface area (Å²) in [5, 5.41) is 13.0. The monoisotopic (exact) mass is 296 g/mol. The maximum Gasteiger partial charge on any atom is 0.339 e. The number of aromatic nitrogens is 2. The number of aromatic carboxylic acids is 1. The molecular weight excluding hydrogens is 288 g/mol. The number of nitrogens with zero attached hydrogens (tertiary/aromatic N) is 2. The van der Waals surface area contributed by atoms with Crippen LogP contribution in [0.4, 0.5) is 0 Å². The molecule has 1 N–H and O–H groups in total. The second-order valence-electron chi connectivity index (χ2n) is 3.40. The second-order valence-corrected chi connectivity index (χ2v) is 4.31. The fourth-order valence-electron chi connectivity index (χ4n) is 1.34. The smallest absolute Gasteiger partial charge is 0.339 e. The van der Waals surface area contributed by atoms with Gasteiger partial charge in [0.25, 0.3) is 0 Å². The van der Waals surface area contributed by atoms with E-state index >= 15 is 0 Å². The Morgan fingerprint density at radius 1 is 1.53 bits per heavy atom. The van der Waals surface area contributed by atoms with Crippen molar-refractivity contribution in [2.75, 3.05) is 0 Å². The zero-order valence-corrected chi connectivity index (χ0v) is 10.5. The highest BCUT2D eigenvalue weighted by Crippen LogP contribution is 2.27. The van der Waals surface area contributed by atoms with Crippen molar-refractivity contribution in [3.8, 4) is 11.5 Å². The van der Waals surface area contributed by atoms with E-state index in [1.807, 2.05) is 0 Å². The molecule has 1 aromatic carbocycles. The van der Waals surface area contributed by atoms with Gasteiger partial charge in [-0.3, -0.25) is 4.68 Å². The molecule has 17 heavy (non-hydrogen) atoms. The Balaban J connectivity index is 2.35. The predicted molar refractivity (Wildman–Crippen MR) is 64.4 cm³/mol. The van der Waals surface area contributed by atoms with Gasteiger partial charge in [0.15, 0.2) is 5.75 Å². The number of hydrogen-bond donors (Lipinski definition) is 1. The quantitative estimate of drug-likeness (QED) is 0.946. The van der Waals surface area contributed by atoms with Crippen molar-refractivity contribution in [2.45, 2.75) is 0 Å². The van der Waals surface area contributed by atoms with Crippen LogP contribution in [0.5, 0.6) is 11.5 Å². The molecule has 88 valence electrons. The molecule has 0 radical (unpaired) electrons. The largest absolute Gasteiger partial charge is 0.478 e. The Bertz CT molecular complexity index is 566. The van der Waals surface area contributed by atoms with Crippen LogP contribution in [-0.4, -0.2) is 20.9 Å². The van der Waals surface area contributed by atoms with Crippen LogP contribution in [0.25, 0.3) is 0 Å². The predicted octanol–water partition coefficient (Wildman–Crippen LogP) is 2.67. The molecule has 0 atom stereocenters. The first kappa shape index (κ1) is 11.7. The van der Waals surface area contributed by atoms with Gasteiger partial charge in [-0.05, 0) is 18.2 Å². The summed E-state index contributed by atoms with van der Waals surface area (Å²) in [5.41, 5.74) is 0.100. The zero-order chi connectivity index (χ0) is 12.4. The van der Waals surface area contributed by atoms with Gasteiger partial charge in [-0.1, -0.05) is 15.9 Å². The van der Waals surface area contributed by atoms with E-state index in [0.29, 0.717) is 10.2 Å². The first-order chi connectivity index (χ1) is 8.06. The third kappa shape index (κ3) is 2.65. The summed E-state index contributed by atoms with van der Waals surface area (Å²) in [6.45, 7) is 0. The molecule has 1 heterocycles. The fourth-order valence-corrected chi connectivity index (χ4v) is 1.70. The summed E-state index contributed by atoms with van der Waals surface area (Å²) in [5.74, 6) is -0.254. The highest BCUT2D eigenvalue weighted by molar-refractivity contribution is 9.10. The van der Waals surface area contributed by atoms with Gasteiger partial charge in [0, 0.05) is 11.5 Å². The van der Waals surface area contributed by atoms with Crippen molar-refractivity contribution in [3.05, 3.63) is 40.6 Å². The highest BCUT2D eigenvalue weighted by atomic mass is 79.9. The molecule has 0 saturated heterocycles. The molecule has 0 bridgehead atoms. The third-order valence-electron chi connectivity index (χ3n) is 2.08. The Kier molecular flexibility index (Phi) is 3.14. The lowest BCUT2D eigenvalue weighted by atomic mass is 10.2. The molecule has 0 aliphatic carbocycles. The number of carboxylic acids is 1. The van der Waals surface area contributed by atoms with Gasteiger partial charge >= 0.3 is 5.97 Å². The van der Waals surface area contributed by atoms with E-state index in [1.165, 1.54) is 12.3 Å². The van der Waals surface area contributed by atoms with Crippen LogP contribution in [-0.2, 0) is 7.05 Å². The van der Waals surface area contributed by atoms with Crippen LogP contribution in [0, 0.1) is 0 Å². The number of halogens is 1. The molecule has 6 heteroatoms. The molecule has 1 aromatic heterocycles. The number of benzene rings is 1. The lowest BCUT2D eigenvalue weighted by Crippen LogP contribution is -1.99. The minimum atomic E-state index is -1.04. The van der Waals surface area contributed by atoms with E-state index < -0.39 is 5.97 Å². The Hall–Kier alpha value is -1.82. The first-order valence-electron chi connectivity index (χ1n) is 4.75. The normalized spacial score (nSPS) is 10.2. The summed E-state index contributed by atoms with van der Waals surface area (Å²) in [6.07, 6.45) is 3.18. The molecule has 2 rings (SSSR count). The van der Waals surface area contributed by atoms with Crippen molar-refractivity contribution in [3.63, 3.8) is 0 Å². The SMILES string of the molecule is Cn1cc(Oc2ccc(Br)cc2C(=O)O)cn1. The van der Waals surface area contributed by atoms with Crippen molar-refractivity contribution in [2.24, 2.45) is 7.05 Å². The number of aryl methyl sites for hydroxylation is 1. The van der Waals surface area contributed by atoms with Crippen LogP contribution >= 0.6 is 15.9 Å². The molecule has 0 fully saturated rings. The van der Waals surface area contributed by atoms with E-state index in [2.05, 4.69) is 21.0 Å². The number of carbonyl (C=O) groups is 1. The third-order valence-corrected chi connectivity index (χ3v) is 2.57. The van der Waals surface area contributed by atoms with E-state index in [9.17, 15) is 4.79 Å². The van der Waals surface area contributed by atoms with Gasteiger partial charge < -0.3 is 9.84 Å². The molecular formula is C11H9BrN2O3. The van der Waals surface area contributed by atoms with E-state index in [4.69, 9.17) is 9.84 Å². The topological polar surface area (TPSA) is 64.3 Å². The van der Waals surface area contributed by atoms with Gasteiger partial charge in [-0.25, -0.2) is 4.79 Å². The Morgan fingerprint density at radius 2 is 2.29 bits per heavy atom. The lowest BCUT2D eigenvalue weighted by molar-refractivity contribution is 0.0694. The molecule has 5 nitrogen and oxygen atoms in total. The van der Waals surface area contributed by atoms with Gasteiger partial charge in [-0.15, -0.1) is 0 Å². The van der Waals surface area contributed by atoms with Crippen molar-refractivity contribution >= 4 is 21.9 Å². The summed E-state index contributed by atoms with van der Waals surface area (Å²) >= 11 is 3.22. The second kappa shape index (κ2) is 4.58. The maximum atomic E-state index is 11.0. The van der Waals surface area contributed by atoms with Gasteiger partial charge in [0.05, 0.1) is 12.4 Å². The van der Waals surface area contributed by atoms with Crippen molar-refractivity contribution < 1.29 is 14.6 Å². The average molecular weight is 297 g/mol. The molecule has 0 saturated carbocycles. The number of carboxylic acid groups (broad SMARTS) is 1. The van der Waals surface area contributed by atoms with Crippen LogP contribution < -0.4 is 4.74 Å². The summed E-state index contributed by atoms with van der Waals surface area (Å²) in [4.78, 5) is 11.0. The lowest BCUT2D eigenvalue weighted by Gasteiger charge is -2.06. The summed E-state index contributed by atoms with van der Waals surface area (Å²) in [7, 11) is 1.76. The molecule has 0 amide bonds. The van der Waals surface area contributed by atoms with Crippen LogP contribution in [0.1, 0.15) is 10.4 Å². The van der Waals surface area contributed by atoms with Gasteiger partial charge in [-0.2, -0.15) is 5.10 Å². The minimum absolute atomic E-state index is 0.100. The number of ether oxygens (including phenoxy) is 1. The minimum Gasteiger partial charge on any atom is -0.478 e. The summed E-state index contributed by atoms with van der Waals surface area (Å²) < 4.78 is 7.73. The van der Waals surface area contributed by atoms with Gasteiger partial charge in [0.2, 0.25) is 0 Å². The highest BCUT2D eigenvalue weighted by Gasteiger charge is 2.13. The van der Waals surface area contributed by atoms with E-state index in [0.717, 1.165) is 0 Å². The average Bonchev–Trinajstić information content (AvgIpc) is 2.66. The molecule has 0 aliphatic heterocycles. The fraction of sp³-hybridized carbons (Fsp3) is 0.0909. The Labute approximate surface area is 106 Å².